The minimum absolute atomic E-state index is 0.110. The van der Waals surface area contributed by atoms with Gasteiger partial charge in [-0.05, 0) is 24.6 Å². The maximum absolute atomic E-state index is 13.1. The number of carbonyl (C=O) groups is 1. The molecule has 1 aliphatic heterocycles. The molecule has 0 atom stereocenters. The molecule has 26 heavy (non-hydrogen) atoms. The van der Waals surface area contributed by atoms with Crippen molar-refractivity contribution in [2.45, 2.75) is 20.0 Å². The van der Waals surface area contributed by atoms with Crippen molar-refractivity contribution in [2.24, 2.45) is 0 Å². The molecule has 1 aromatic heterocycles. The molecule has 0 bridgehead atoms. The van der Waals surface area contributed by atoms with E-state index in [1.807, 2.05) is 13.0 Å². The van der Waals surface area contributed by atoms with E-state index in [0.717, 1.165) is 50.2 Å². The fourth-order valence-electron chi connectivity index (χ4n) is 3.00. The number of hydrogen-bond donors (Lipinski definition) is 1. The zero-order valence-corrected chi connectivity index (χ0v) is 14.7. The van der Waals surface area contributed by atoms with Gasteiger partial charge in [0.25, 0.3) is 0 Å². The van der Waals surface area contributed by atoms with Gasteiger partial charge >= 0.3 is 0 Å². The number of benzene rings is 1. The summed E-state index contributed by atoms with van der Waals surface area (Å²) in [6, 6.07) is 5.17. The largest absolute Gasteiger partial charge is 0.361 e. The lowest BCUT2D eigenvalue weighted by Gasteiger charge is -2.33. The summed E-state index contributed by atoms with van der Waals surface area (Å²) in [4.78, 5) is 16.4. The molecule has 0 spiro atoms. The van der Waals surface area contributed by atoms with E-state index in [1.54, 1.807) is 0 Å². The van der Waals surface area contributed by atoms with Crippen molar-refractivity contribution >= 4 is 5.91 Å². The predicted molar refractivity (Wildman–Crippen MR) is 91.2 cm³/mol. The first-order valence-corrected chi connectivity index (χ1v) is 8.56. The van der Waals surface area contributed by atoms with Crippen LogP contribution < -0.4 is 5.32 Å². The third-order valence-corrected chi connectivity index (χ3v) is 4.31. The molecule has 3 rings (SSSR count). The fourth-order valence-corrected chi connectivity index (χ4v) is 3.00. The lowest BCUT2D eigenvalue weighted by Crippen LogP contribution is -2.49. The van der Waals surface area contributed by atoms with Gasteiger partial charge < -0.3 is 9.84 Å². The van der Waals surface area contributed by atoms with E-state index >= 15 is 0 Å². The molecule has 0 unspecified atom stereocenters. The highest BCUT2D eigenvalue weighted by atomic mass is 19.1. The number of amides is 1. The Balaban J connectivity index is 1.39. The van der Waals surface area contributed by atoms with Crippen LogP contribution in [0.3, 0.4) is 0 Å². The summed E-state index contributed by atoms with van der Waals surface area (Å²) in [5.41, 5.74) is 1.32. The van der Waals surface area contributed by atoms with Crippen LogP contribution >= 0.6 is 0 Å². The van der Waals surface area contributed by atoms with Crippen LogP contribution in [0.25, 0.3) is 0 Å². The van der Waals surface area contributed by atoms with Crippen LogP contribution in [0.5, 0.6) is 0 Å². The Morgan fingerprint density at radius 2 is 1.77 bits per heavy atom. The number of hydrogen-bond acceptors (Lipinski definition) is 5. The molecule has 1 N–H and O–H groups in total. The second-order valence-corrected chi connectivity index (χ2v) is 6.54. The van der Waals surface area contributed by atoms with Gasteiger partial charge in [-0.2, -0.15) is 0 Å². The van der Waals surface area contributed by atoms with Gasteiger partial charge in [-0.15, -0.1) is 0 Å². The molecule has 0 radical (unpaired) electrons. The molecule has 0 saturated carbocycles. The zero-order chi connectivity index (χ0) is 18.5. The molecule has 2 heterocycles. The number of piperazine rings is 1. The third kappa shape index (κ3) is 5.34. The first-order chi connectivity index (χ1) is 12.5. The molecular weight excluding hydrogens is 342 g/mol. The average molecular weight is 364 g/mol. The van der Waals surface area contributed by atoms with Crippen molar-refractivity contribution in [3.05, 3.63) is 52.9 Å². The predicted octanol–water partition coefficient (Wildman–Crippen LogP) is 1.70. The van der Waals surface area contributed by atoms with Gasteiger partial charge in [-0.25, -0.2) is 8.78 Å². The van der Waals surface area contributed by atoms with Crippen molar-refractivity contribution in [1.82, 2.24) is 20.3 Å². The molecule has 1 amide bonds. The maximum Gasteiger partial charge on any atom is 0.234 e. The molecule has 6 nitrogen and oxygen atoms in total. The normalized spacial score (nSPS) is 16.0. The SMILES string of the molecule is Cc1cc(CN2CCN(CC(=O)NCc3cc(F)cc(F)c3)CC2)no1. The Morgan fingerprint density at radius 3 is 2.38 bits per heavy atom. The molecule has 1 aliphatic rings. The summed E-state index contributed by atoms with van der Waals surface area (Å²) in [7, 11) is 0. The summed E-state index contributed by atoms with van der Waals surface area (Å²) in [6.07, 6.45) is 0. The van der Waals surface area contributed by atoms with E-state index in [9.17, 15) is 13.6 Å². The monoisotopic (exact) mass is 364 g/mol. The Labute approximate surface area is 150 Å². The number of rotatable bonds is 6. The quantitative estimate of drug-likeness (QED) is 0.845. The smallest absolute Gasteiger partial charge is 0.234 e. The summed E-state index contributed by atoms with van der Waals surface area (Å²) < 4.78 is 31.4. The molecule has 8 heteroatoms. The summed E-state index contributed by atoms with van der Waals surface area (Å²) in [6.45, 7) is 6.22. The lowest BCUT2D eigenvalue weighted by atomic mass is 10.2. The Kier molecular flexibility index (Phi) is 5.95. The van der Waals surface area contributed by atoms with Crippen LogP contribution in [0.1, 0.15) is 17.0 Å². The minimum atomic E-state index is -0.646. The first kappa shape index (κ1) is 18.5. The second-order valence-electron chi connectivity index (χ2n) is 6.54. The van der Waals surface area contributed by atoms with Crippen LogP contribution in [0.4, 0.5) is 8.78 Å². The van der Waals surface area contributed by atoms with Gasteiger partial charge in [-0.3, -0.25) is 14.6 Å². The average Bonchev–Trinajstić information content (AvgIpc) is 2.99. The van der Waals surface area contributed by atoms with Gasteiger partial charge in [0, 0.05) is 51.4 Å². The van der Waals surface area contributed by atoms with E-state index in [1.165, 1.54) is 12.1 Å². The number of carbonyl (C=O) groups excluding carboxylic acids is 1. The van der Waals surface area contributed by atoms with Crippen LogP contribution in [0, 0.1) is 18.6 Å². The molecule has 140 valence electrons. The second kappa shape index (κ2) is 8.37. The van der Waals surface area contributed by atoms with Crippen LogP contribution in [-0.2, 0) is 17.9 Å². The lowest BCUT2D eigenvalue weighted by molar-refractivity contribution is -0.122. The third-order valence-electron chi connectivity index (χ3n) is 4.31. The first-order valence-electron chi connectivity index (χ1n) is 8.56. The Hall–Kier alpha value is -2.32. The van der Waals surface area contributed by atoms with Gasteiger partial charge in [0.05, 0.1) is 12.2 Å². The highest BCUT2D eigenvalue weighted by Gasteiger charge is 2.19. The maximum atomic E-state index is 13.1. The number of nitrogens with zero attached hydrogens (tertiary/aromatic N) is 3. The molecule has 1 aromatic carbocycles. The van der Waals surface area contributed by atoms with Crippen molar-refractivity contribution in [2.75, 3.05) is 32.7 Å². The molecule has 2 aromatic rings. The van der Waals surface area contributed by atoms with Crippen LogP contribution in [-0.4, -0.2) is 53.6 Å². The highest BCUT2D eigenvalue weighted by molar-refractivity contribution is 5.78. The van der Waals surface area contributed by atoms with E-state index in [-0.39, 0.29) is 19.0 Å². The van der Waals surface area contributed by atoms with Crippen molar-refractivity contribution in [3.8, 4) is 0 Å². The van der Waals surface area contributed by atoms with E-state index in [0.29, 0.717) is 5.56 Å². The van der Waals surface area contributed by atoms with E-state index < -0.39 is 11.6 Å². The zero-order valence-electron chi connectivity index (χ0n) is 14.7. The van der Waals surface area contributed by atoms with Gasteiger partial charge in [-0.1, -0.05) is 5.16 Å². The molecule has 0 aliphatic carbocycles. The standard InChI is InChI=1S/C18H22F2N4O2/c1-13-6-17(22-26-13)11-23-2-4-24(5-3-23)12-18(25)21-10-14-7-15(19)9-16(20)8-14/h6-9H,2-5,10-12H2,1H3,(H,21,25). The Bertz CT molecular complexity index is 737. The van der Waals surface area contributed by atoms with Crippen LogP contribution in [0.15, 0.2) is 28.8 Å². The Morgan fingerprint density at radius 1 is 1.12 bits per heavy atom. The van der Waals surface area contributed by atoms with Crippen molar-refractivity contribution in [3.63, 3.8) is 0 Å². The van der Waals surface area contributed by atoms with Crippen molar-refractivity contribution < 1.29 is 18.1 Å². The van der Waals surface area contributed by atoms with Gasteiger partial charge in [0.1, 0.15) is 17.4 Å². The number of aryl methyl sites for hydroxylation is 1. The van der Waals surface area contributed by atoms with Crippen molar-refractivity contribution in [1.29, 1.82) is 0 Å². The fraction of sp³-hybridized carbons (Fsp3) is 0.444. The molecule has 1 saturated heterocycles. The highest BCUT2D eigenvalue weighted by Crippen LogP contribution is 2.10. The topological polar surface area (TPSA) is 61.6 Å². The van der Waals surface area contributed by atoms with Gasteiger partial charge in [0.2, 0.25) is 5.91 Å². The minimum Gasteiger partial charge on any atom is -0.361 e. The van der Waals surface area contributed by atoms with E-state index in [4.69, 9.17) is 4.52 Å². The summed E-state index contributed by atoms with van der Waals surface area (Å²) in [5, 5.41) is 6.70. The summed E-state index contributed by atoms with van der Waals surface area (Å²) in [5.74, 6) is -0.649. The number of nitrogens with one attached hydrogen (secondary N) is 1. The summed E-state index contributed by atoms with van der Waals surface area (Å²) >= 11 is 0. The molecule has 1 fully saturated rings. The number of aromatic nitrogens is 1. The molecular formula is C18H22F2N4O2. The number of halogens is 2. The van der Waals surface area contributed by atoms with E-state index in [2.05, 4.69) is 20.3 Å². The van der Waals surface area contributed by atoms with Crippen LogP contribution in [0.2, 0.25) is 0 Å². The van der Waals surface area contributed by atoms with Gasteiger partial charge in [0.15, 0.2) is 0 Å².